The van der Waals surface area contributed by atoms with Gasteiger partial charge in [-0.1, -0.05) is 131 Å². The van der Waals surface area contributed by atoms with Crippen molar-refractivity contribution in [2.75, 3.05) is 39.4 Å². The van der Waals surface area contributed by atoms with Gasteiger partial charge in [0.05, 0.1) is 0 Å². The van der Waals surface area contributed by atoms with Crippen LogP contribution >= 0.6 is 0 Å². The van der Waals surface area contributed by atoms with Gasteiger partial charge in [-0.05, 0) is 77.9 Å². The Kier molecular flexibility index (Phi) is 22.9. The number of ether oxygens (including phenoxy) is 2. The molecule has 0 aromatic carbocycles. The molecule has 1 saturated heterocycles. The Labute approximate surface area is 271 Å². The van der Waals surface area contributed by atoms with Crippen LogP contribution in [0.15, 0.2) is 0 Å². The highest BCUT2D eigenvalue weighted by molar-refractivity contribution is 4.91. The molecule has 4 nitrogen and oxygen atoms in total. The summed E-state index contributed by atoms with van der Waals surface area (Å²) in [6, 6.07) is 1.39. The molecule has 1 aliphatic rings. The summed E-state index contributed by atoms with van der Waals surface area (Å²) in [6.07, 6.45) is 25.7. The molecule has 3 atom stereocenters. The Morgan fingerprint density at radius 2 is 1.14 bits per heavy atom. The van der Waals surface area contributed by atoms with Crippen LogP contribution in [0.5, 0.6) is 0 Å². The first kappa shape index (κ1) is 40.9. The molecular formula is C39H80N2O2. The molecule has 1 fully saturated rings. The van der Waals surface area contributed by atoms with Crippen molar-refractivity contribution in [3.8, 4) is 0 Å². The smallest absolute Gasteiger partial charge is 0.168 e. The van der Waals surface area contributed by atoms with Gasteiger partial charge in [-0.25, -0.2) is 0 Å². The summed E-state index contributed by atoms with van der Waals surface area (Å²) in [5.74, 6) is 0.0237. The Morgan fingerprint density at radius 3 is 1.63 bits per heavy atom. The second-order valence-electron chi connectivity index (χ2n) is 15.0. The Balaban J connectivity index is 2.64. The molecule has 1 rings (SSSR count). The van der Waals surface area contributed by atoms with Crippen LogP contribution in [0.1, 0.15) is 184 Å². The third kappa shape index (κ3) is 16.8. The van der Waals surface area contributed by atoms with Gasteiger partial charge >= 0.3 is 0 Å². The topological polar surface area (TPSA) is 24.9 Å². The van der Waals surface area contributed by atoms with Crippen molar-refractivity contribution in [3.05, 3.63) is 0 Å². The molecule has 0 saturated carbocycles. The minimum Gasteiger partial charge on any atom is -0.350 e. The standard InChI is InChI=1S/C39H80N2O2/c1-10-15-17-19-21-22-24-26-30-37(38(6,7)8)41(12-3)36-31-33-40(34-36)32-27-29-35(28-25-23-20-18-16-11-2)39(9,42-13-4)43-14-5/h35-37H,10-34H2,1-9H3. The summed E-state index contributed by atoms with van der Waals surface area (Å²) in [5.41, 5.74) is 0.331. The first-order valence-electron chi connectivity index (χ1n) is 19.4. The van der Waals surface area contributed by atoms with Crippen molar-refractivity contribution in [1.29, 1.82) is 0 Å². The highest BCUT2D eigenvalue weighted by Crippen LogP contribution is 2.34. The molecular weight excluding hydrogens is 528 g/mol. The fraction of sp³-hybridized carbons (Fsp3) is 1.00. The number of hydrogen-bond donors (Lipinski definition) is 0. The zero-order valence-corrected chi connectivity index (χ0v) is 31.1. The maximum absolute atomic E-state index is 6.30. The molecule has 0 amide bonds. The summed E-state index contributed by atoms with van der Waals surface area (Å²) < 4.78 is 12.6. The van der Waals surface area contributed by atoms with E-state index in [0.717, 1.165) is 13.2 Å². The van der Waals surface area contributed by atoms with Crippen molar-refractivity contribution >= 4 is 0 Å². The van der Waals surface area contributed by atoms with E-state index in [1.165, 1.54) is 148 Å². The van der Waals surface area contributed by atoms with Crippen molar-refractivity contribution in [3.63, 3.8) is 0 Å². The fourth-order valence-electron chi connectivity index (χ4n) is 7.84. The van der Waals surface area contributed by atoms with E-state index >= 15 is 0 Å². The van der Waals surface area contributed by atoms with Gasteiger partial charge in [-0.3, -0.25) is 4.90 Å². The minimum atomic E-state index is -0.449. The average molecular weight is 609 g/mol. The molecule has 4 heteroatoms. The van der Waals surface area contributed by atoms with Gasteiger partial charge in [0, 0.05) is 37.8 Å². The summed E-state index contributed by atoms with van der Waals surface area (Å²) >= 11 is 0. The molecule has 1 heterocycles. The van der Waals surface area contributed by atoms with E-state index in [2.05, 4.69) is 72.1 Å². The van der Waals surface area contributed by atoms with Gasteiger partial charge in [-0.15, -0.1) is 0 Å². The third-order valence-corrected chi connectivity index (χ3v) is 10.3. The zero-order chi connectivity index (χ0) is 32.0. The molecule has 43 heavy (non-hydrogen) atoms. The highest BCUT2D eigenvalue weighted by atomic mass is 16.7. The number of likely N-dealkylation sites (tertiary alicyclic amines) is 1. The van der Waals surface area contributed by atoms with Crippen molar-refractivity contribution < 1.29 is 9.47 Å². The minimum absolute atomic E-state index is 0.331. The summed E-state index contributed by atoms with van der Waals surface area (Å²) in [6.45, 7) is 27.2. The highest BCUT2D eigenvalue weighted by Gasteiger charge is 2.37. The summed E-state index contributed by atoms with van der Waals surface area (Å²) in [7, 11) is 0. The second kappa shape index (κ2) is 24.1. The van der Waals surface area contributed by atoms with Gasteiger partial charge in [0.25, 0.3) is 0 Å². The molecule has 258 valence electrons. The van der Waals surface area contributed by atoms with Gasteiger partial charge in [0.15, 0.2) is 5.79 Å². The van der Waals surface area contributed by atoms with E-state index in [0.29, 0.717) is 23.4 Å². The van der Waals surface area contributed by atoms with E-state index in [-0.39, 0.29) is 0 Å². The van der Waals surface area contributed by atoms with E-state index in [1.807, 2.05) is 0 Å². The van der Waals surface area contributed by atoms with Crippen LogP contribution in [0.3, 0.4) is 0 Å². The first-order chi connectivity index (χ1) is 20.7. The molecule has 0 spiro atoms. The Hall–Kier alpha value is -0.160. The van der Waals surface area contributed by atoms with Crippen LogP contribution in [-0.2, 0) is 9.47 Å². The van der Waals surface area contributed by atoms with Gasteiger partial charge in [-0.2, -0.15) is 0 Å². The van der Waals surface area contributed by atoms with Crippen LogP contribution < -0.4 is 0 Å². The third-order valence-electron chi connectivity index (χ3n) is 10.3. The van der Waals surface area contributed by atoms with Gasteiger partial charge in [0.1, 0.15) is 0 Å². The maximum atomic E-state index is 6.30. The van der Waals surface area contributed by atoms with Gasteiger partial charge in [0.2, 0.25) is 0 Å². The molecule has 1 aliphatic heterocycles. The van der Waals surface area contributed by atoms with Crippen LogP contribution in [0, 0.1) is 11.3 Å². The second-order valence-corrected chi connectivity index (χ2v) is 15.0. The lowest BCUT2D eigenvalue weighted by Gasteiger charge is -2.43. The van der Waals surface area contributed by atoms with Crippen molar-refractivity contribution in [1.82, 2.24) is 9.80 Å². The normalized spacial score (nSPS) is 18.1. The van der Waals surface area contributed by atoms with Crippen molar-refractivity contribution in [2.24, 2.45) is 11.3 Å². The predicted molar refractivity (Wildman–Crippen MR) is 190 cm³/mol. The summed E-state index contributed by atoms with van der Waals surface area (Å²) in [5, 5.41) is 0. The SMILES string of the molecule is CCCCCCCCCCC(N(CC)C1CCN(CCCC(CCCCCCCC)C(C)(OCC)OCC)C1)C(C)(C)C. The number of likely N-dealkylation sites (N-methyl/N-ethyl adjacent to an activating group) is 1. The molecule has 0 aliphatic carbocycles. The molecule has 0 aromatic rings. The monoisotopic (exact) mass is 609 g/mol. The Morgan fingerprint density at radius 1 is 0.651 bits per heavy atom. The molecule has 0 radical (unpaired) electrons. The first-order valence-corrected chi connectivity index (χ1v) is 19.4. The quantitative estimate of drug-likeness (QED) is 0.0651. The zero-order valence-electron chi connectivity index (χ0n) is 31.1. The number of rotatable bonds is 28. The predicted octanol–water partition coefficient (Wildman–Crippen LogP) is 11.3. The van der Waals surface area contributed by atoms with Gasteiger partial charge < -0.3 is 14.4 Å². The number of unbranched alkanes of at least 4 members (excludes halogenated alkanes) is 12. The molecule has 0 N–H and O–H groups in total. The average Bonchev–Trinajstić information content (AvgIpc) is 3.42. The largest absolute Gasteiger partial charge is 0.350 e. The van der Waals surface area contributed by atoms with E-state index in [1.54, 1.807) is 0 Å². The molecule has 0 bridgehead atoms. The van der Waals surface area contributed by atoms with Crippen molar-refractivity contribution in [2.45, 2.75) is 202 Å². The van der Waals surface area contributed by atoms with Crippen LogP contribution in [-0.4, -0.2) is 67.1 Å². The van der Waals surface area contributed by atoms with E-state index in [4.69, 9.17) is 9.47 Å². The fourth-order valence-corrected chi connectivity index (χ4v) is 7.84. The van der Waals surface area contributed by atoms with E-state index < -0.39 is 5.79 Å². The molecule has 0 aromatic heterocycles. The number of nitrogens with zero attached hydrogens (tertiary/aromatic N) is 2. The van der Waals surface area contributed by atoms with Crippen LogP contribution in [0.2, 0.25) is 0 Å². The lowest BCUT2D eigenvalue weighted by atomic mass is 9.81. The number of hydrogen-bond acceptors (Lipinski definition) is 4. The molecule has 3 unspecified atom stereocenters. The van der Waals surface area contributed by atoms with Crippen LogP contribution in [0.4, 0.5) is 0 Å². The maximum Gasteiger partial charge on any atom is 0.168 e. The lowest BCUT2D eigenvalue weighted by molar-refractivity contribution is -0.254. The van der Waals surface area contributed by atoms with E-state index in [9.17, 15) is 0 Å². The van der Waals surface area contributed by atoms with Crippen LogP contribution in [0.25, 0.3) is 0 Å². The summed E-state index contributed by atoms with van der Waals surface area (Å²) in [4.78, 5) is 5.67. The Bertz CT molecular complexity index is 627. The lowest BCUT2D eigenvalue weighted by Crippen LogP contribution is -2.50.